The number of carbonyl (C=O) groups is 2. The molecule has 0 aliphatic carbocycles. The summed E-state index contributed by atoms with van der Waals surface area (Å²) in [5.41, 5.74) is 2.83. The van der Waals surface area contributed by atoms with Gasteiger partial charge in [0, 0.05) is 31.3 Å². The van der Waals surface area contributed by atoms with Gasteiger partial charge in [0.1, 0.15) is 0 Å². The number of benzene rings is 1. The predicted octanol–water partition coefficient (Wildman–Crippen LogP) is 2.92. The highest BCUT2D eigenvalue weighted by Crippen LogP contribution is 2.18. The molecule has 3 N–H and O–H groups in total. The summed E-state index contributed by atoms with van der Waals surface area (Å²) >= 11 is 0. The number of hydrogen-bond acceptors (Lipinski definition) is 4. The first-order valence-corrected chi connectivity index (χ1v) is 9.42. The Morgan fingerprint density at radius 3 is 2.26 bits per heavy atom. The van der Waals surface area contributed by atoms with Gasteiger partial charge in [-0.3, -0.25) is 4.90 Å². The molecular formula is C21H32N2O4. The van der Waals surface area contributed by atoms with Crippen LogP contribution in [0.5, 0.6) is 0 Å². The number of carboxylic acid groups (broad SMARTS) is 2. The number of piperidine rings is 1. The van der Waals surface area contributed by atoms with Gasteiger partial charge in [-0.2, -0.15) is 0 Å². The first-order chi connectivity index (χ1) is 12.8. The average Bonchev–Trinajstić information content (AvgIpc) is 2.60. The Bertz CT molecular complexity index is 606. The zero-order valence-electron chi connectivity index (χ0n) is 16.5. The van der Waals surface area contributed by atoms with Crippen LogP contribution in [0.3, 0.4) is 0 Å². The van der Waals surface area contributed by atoms with Gasteiger partial charge in [-0.1, -0.05) is 43.7 Å². The number of nitrogens with one attached hydrogen (secondary N) is 1. The van der Waals surface area contributed by atoms with Gasteiger partial charge in [-0.15, -0.1) is 0 Å². The van der Waals surface area contributed by atoms with Gasteiger partial charge in [-0.25, -0.2) is 9.59 Å². The number of aryl methyl sites for hydroxylation is 1. The van der Waals surface area contributed by atoms with Crippen LogP contribution >= 0.6 is 0 Å². The van der Waals surface area contributed by atoms with Crippen LogP contribution in [0, 0.1) is 12.8 Å². The number of rotatable bonds is 7. The van der Waals surface area contributed by atoms with Crippen molar-refractivity contribution in [1.29, 1.82) is 0 Å². The summed E-state index contributed by atoms with van der Waals surface area (Å²) < 4.78 is 0. The Labute approximate surface area is 161 Å². The molecule has 0 aromatic heterocycles. The maximum atomic E-state index is 9.55. The van der Waals surface area contributed by atoms with E-state index >= 15 is 0 Å². The van der Waals surface area contributed by atoms with Crippen LogP contribution in [-0.4, -0.2) is 52.7 Å². The Morgan fingerprint density at radius 1 is 1.19 bits per heavy atom. The van der Waals surface area contributed by atoms with Gasteiger partial charge < -0.3 is 15.5 Å². The Kier molecular flexibility index (Phi) is 10.4. The largest absolute Gasteiger partial charge is 0.478 e. The molecule has 0 radical (unpaired) electrons. The van der Waals surface area contributed by atoms with Crippen LogP contribution in [0.1, 0.15) is 37.8 Å². The third kappa shape index (κ3) is 10.5. The SMILES string of the molecule is Cc1cccc(CN(CC(C)C)C2CCNCC2)c1.O=C(O)C=CC(=O)O. The fourth-order valence-corrected chi connectivity index (χ4v) is 3.17. The minimum Gasteiger partial charge on any atom is -0.478 e. The maximum Gasteiger partial charge on any atom is 0.328 e. The molecule has 1 fully saturated rings. The van der Waals surface area contributed by atoms with Gasteiger partial charge in [0.2, 0.25) is 0 Å². The molecule has 1 aromatic carbocycles. The highest BCUT2D eigenvalue weighted by atomic mass is 16.4. The van der Waals surface area contributed by atoms with E-state index in [-0.39, 0.29) is 0 Å². The molecule has 150 valence electrons. The summed E-state index contributed by atoms with van der Waals surface area (Å²) in [6, 6.07) is 9.71. The van der Waals surface area contributed by atoms with Gasteiger partial charge in [-0.05, 0) is 44.3 Å². The molecule has 6 heteroatoms. The van der Waals surface area contributed by atoms with Crippen LogP contribution in [0.15, 0.2) is 36.4 Å². The summed E-state index contributed by atoms with van der Waals surface area (Å²) in [5.74, 6) is -1.78. The van der Waals surface area contributed by atoms with Crippen molar-refractivity contribution in [2.45, 2.75) is 46.2 Å². The highest BCUT2D eigenvalue weighted by molar-refractivity contribution is 5.89. The Morgan fingerprint density at radius 2 is 1.78 bits per heavy atom. The molecule has 6 nitrogen and oxygen atoms in total. The molecule has 2 rings (SSSR count). The standard InChI is InChI=1S/C17H28N2.C4H4O4/c1-14(2)12-19(17-7-9-18-10-8-17)13-16-6-4-5-15(3)11-16;5-3(6)1-2-4(7)8/h4-6,11,14,17-18H,7-10,12-13H2,1-3H3;1-2H,(H,5,6)(H,7,8). The molecule has 1 aliphatic rings. The van der Waals surface area contributed by atoms with Gasteiger partial charge >= 0.3 is 11.9 Å². The Balaban J connectivity index is 0.000000387. The molecule has 0 spiro atoms. The van der Waals surface area contributed by atoms with Gasteiger partial charge in [0.25, 0.3) is 0 Å². The van der Waals surface area contributed by atoms with Crippen LogP contribution in [-0.2, 0) is 16.1 Å². The van der Waals surface area contributed by atoms with Crippen molar-refractivity contribution >= 4 is 11.9 Å². The molecule has 0 atom stereocenters. The zero-order valence-corrected chi connectivity index (χ0v) is 16.5. The molecule has 1 aliphatic heterocycles. The number of aliphatic carboxylic acids is 2. The first kappa shape index (κ1) is 22.9. The van der Waals surface area contributed by atoms with E-state index in [4.69, 9.17) is 10.2 Å². The summed E-state index contributed by atoms with van der Waals surface area (Å²) in [6.07, 6.45) is 3.70. The van der Waals surface area contributed by atoms with E-state index in [9.17, 15) is 9.59 Å². The fourth-order valence-electron chi connectivity index (χ4n) is 3.17. The highest BCUT2D eigenvalue weighted by Gasteiger charge is 2.21. The molecule has 1 saturated heterocycles. The number of carboxylic acids is 2. The maximum absolute atomic E-state index is 9.55. The average molecular weight is 376 g/mol. The second-order valence-corrected chi connectivity index (χ2v) is 7.30. The molecule has 0 amide bonds. The third-order valence-corrected chi connectivity index (χ3v) is 4.26. The minimum atomic E-state index is -1.26. The number of hydrogen-bond donors (Lipinski definition) is 3. The van der Waals surface area contributed by atoms with Crippen molar-refractivity contribution in [3.63, 3.8) is 0 Å². The van der Waals surface area contributed by atoms with Crippen LogP contribution < -0.4 is 5.32 Å². The molecule has 0 saturated carbocycles. The number of nitrogens with zero attached hydrogens (tertiary/aromatic N) is 1. The van der Waals surface area contributed by atoms with Crippen LogP contribution in [0.4, 0.5) is 0 Å². The fraction of sp³-hybridized carbons (Fsp3) is 0.524. The van der Waals surface area contributed by atoms with E-state index < -0.39 is 11.9 Å². The second-order valence-electron chi connectivity index (χ2n) is 7.30. The summed E-state index contributed by atoms with van der Waals surface area (Å²) in [7, 11) is 0. The van der Waals surface area contributed by atoms with Gasteiger partial charge in [0.15, 0.2) is 0 Å². The van der Waals surface area contributed by atoms with Crippen molar-refractivity contribution < 1.29 is 19.8 Å². The van der Waals surface area contributed by atoms with E-state index in [1.54, 1.807) is 0 Å². The zero-order chi connectivity index (χ0) is 20.2. The van der Waals surface area contributed by atoms with E-state index in [1.807, 2.05) is 0 Å². The van der Waals surface area contributed by atoms with E-state index in [1.165, 1.54) is 43.6 Å². The molecule has 1 aromatic rings. The van der Waals surface area contributed by atoms with E-state index in [0.29, 0.717) is 12.2 Å². The van der Waals surface area contributed by atoms with Gasteiger partial charge in [0.05, 0.1) is 0 Å². The van der Waals surface area contributed by atoms with Crippen molar-refractivity contribution in [2.75, 3.05) is 19.6 Å². The Hall–Kier alpha value is -2.18. The lowest BCUT2D eigenvalue weighted by Gasteiger charge is -2.36. The predicted molar refractivity (Wildman–Crippen MR) is 107 cm³/mol. The minimum absolute atomic E-state index is 0.558. The molecule has 1 heterocycles. The third-order valence-electron chi connectivity index (χ3n) is 4.26. The van der Waals surface area contributed by atoms with Crippen molar-refractivity contribution in [3.05, 3.63) is 47.5 Å². The van der Waals surface area contributed by atoms with E-state index in [0.717, 1.165) is 18.5 Å². The quantitative estimate of drug-likeness (QED) is 0.634. The normalized spacial score (nSPS) is 15.0. The molecule has 27 heavy (non-hydrogen) atoms. The molecular weight excluding hydrogens is 344 g/mol. The summed E-state index contributed by atoms with van der Waals surface area (Å²) in [4.78, 5) is 21.8. The second kappa shape index (κ2) is 12.3. The lowest BCUT2D eigenvalue weighted by atomic mass is 10.0. The topological polar surface area (TPSA) is 89.9 Å². The summed E-state index contributed by atoms with van der Waals surface area (Å²) in [5, 5.41) is 19.1. The molecule has 0 bridgehead atoms. The van der Waals surface area contributed by atoms with Crippen molar-refractivity contribution in [1.82, 2.24) is 10.2 Å². The summed E-state index contributed by atoms with van der Waals surface area (Å²) in [6.45, 7) is 11.5. The van der Waals surface area contributed by atoms with Crippen molar-refractivity contribution in [3.8, 4) is 0 Å². The first-order valence-electron chi connectivity index (χ1n) is 9.42. The lowest BCUT2D eigenvalue weighted by molar-refractivity contribution is -0.134. The van der Waals surface area contributed by atoms with Crippen LogP contribution in [0.25, 0.3) is 0 Å². The van der Waals surface area contributed by atoms with E-state index in [2.05, 4.69) is 55.3 Å². The monoisotopic (exact) mass is 376 g/mol. The lowest BCUT2D eigenvalue weighted by Crippen LogP contribution is -2.44. The smallest absolute Gasteiger partial charge is 0.328 e. The van der Waals surface area contributed by atoms with Crippen molar-refractivity contribution in [2.24, 2.45) is 5.92 Å². The van der Waals surface area contributed by atoms with Crippen LogP contribution in [0.2, 0.25) is 0 Å². The molecule has 0 unspecified atom stereocenters.